The molecule has 3 aromatic rings. The Morgan fingerprint density at radius 3 is 2.76 bits per heavy atom. The second-order valence-electron chi connectivity index (χ2n) is 4.98. The minimum absolute atomic E-state index is 0.324. The van der Waals surface area contributed by atoms with Crippen molar-refractivity contribution in [2.45, 2.75) is 17.3 Å². The van der Waals surface area contributed by atoms with Crippen LogP contribution < -0.4 is 5.32 Å². The van der Waals surface area contributed by atoms with Crippen LogP contribution in [0.2, 0.25) is 0 Å². The van der Waals surface area contributed by atoms with Gasteiger partial charge in [-0.25, -0.2) is 4.98 Å². The quantitative estimate of drug-likeness (QED) is 0.693. The molecule has 1 aromatic heterocycles. The van der Waals surface area contributed by atoms with Crippen molar-refractivity contribution in [1.82, 2.24) is 10.3 Å². The highest BCUT2D eigenvalue weighted by Gasteiger charge is 2.13. The van der Waals surface area contributed by atoms with E-state index >= 15 is 0 Å². The van der Waals surface area contributed by atoms with E-state index in [9.17, 15) is 0 Å². The molecule has 1 N–H and O–H groups in total. The van der Waals surface area contributed by atoms with Crippen LogP contribution in [-0.2, 0) is 0 Å². The first-order chi connectivity index (χ1) is 10.3. The molecular formula is C17H18N2S2. The topological polar surface area (TPSA) is 24.9 Å². The normalized spacial score (nSPS) is 12.7. The lowest BCUT2D eigenvalue weighted by Crippen LogP contribution is -2.19. The van der Waals surface area contributed by atoms with Gasteiger partial charge in [-0.3, -0.25) is 0 Å². The van der Waals surface area contributed by atoms with Crippen molar-refractivity contribution in [3.05, 3.63) is 59.1 Å². The highest BCUT2D eigenvalue weighted by molar-refractivity contribution is 8.01. The van der Waals surface area contributed by atoms with Crippen molar-refractivity contribution >= 4 is 33.9 Å². The van der Waals surface area contributed by atoms with Crippen LogP contribution in [0.15, 0.2) is 52.2 Å². The third kappa shape index (κ3) is 3.28. The predicted octanol–water partition coefficient (Wildman–Crippen LogP) is 4.66. The molecule has 1 heterocycles. The van der Waals surface area contributed by atoms with E-state index in [0.717, 1.165) is 15.8 Å². The minimum Gasteiger partial charge on any atom is -0.312 e. The number of aromatic nitrogens is 1. The number of fused-ring (bicyclic) bond motifs is 1. The molecule has 0 aliphatic rings. The summed E-state index contributed by atoms with van der Waals surface area (Å²) in [6.45, 7) is 2.04. The number of hydrogen-bond donors (Lipinski definition) is 1. The fourth-order valence-corrected chi connectivity index (χ4v) is 4.44. The summed E-state index contributed by atoms with van der Waals surface area (Å²) in [6, 6.07) is 15.4. The molecule has 3 rings (SSSR count). The number of rotatable bonds is 5. The molecule has 0 amide bonds. The van der Waals surface area contributed by atoms with Crippen LogP contribution in [0.1, 0.15) is 17.3 Å². The smallest absolute Gasteiger partial charge is 0.150 e. The standard InChI is InChI=1S/C17H18N2S2/c1-12-10-20-17(19-12)21-11-16(18-2)15-9-5-7-13-6-3-4-8-14(13)15/h3-10,16,18H,11H2,1-2H3. The van der Waals surface area contributed by atoms with Gasteiger partial charge in [-0.2, -0.15) is 0 Å². The maximum Gasteiger partial charge on any atom is 0.150 e. The maximum absolute atomic E-state index is 4.53. The van der Waals surface area contributed by atoms with Gasteiger partial charge in [0.25, 0.3) is 0 Å². The zero-order chi connectivity index (χ0) is 14.7. The predicted molar refractivity (Wildman–Crippen MR) is 93.3 cm³/mol. The first-order valence-electron chi connectivity index (χ1n) is 6.98. The molecule has 1 atom stereocenters. The molecule has 108 valence electrons. The fourth-order valence-electron chi connectivity index (χ4n) is 2.44. The van der Waals surface area contributed by atoms with Crippen molar-refractivity contribution in [2.24, 2.45) is 0 Å². The molecule has 0 aliphatic heterocycles. The lowest BCUT2D eigenvalue weighted by molar-refractivity contribution is 0.666. The minimum atomic E-state index is 0.324. The van der Waals surface area contributed by atoms with E-state index < -0.39 is 0 Å². The van der Waals surface area contributed by atoms with E-state index in [-0.39, 0.29) is 0 Å². The van der Waals surface area contributed by atoms with Crippen molar-refractivity contribution in [1.29, 1.82) is 0 Å². The summed E-state index contributed by atoms with van der Waals surface area (Å²) in [7, 11) is 2.03. The third-order valence-electron chi connectivity index (χ3n) is 3.52. The van der Waals surface area contributed by atoms with Gasteiger partial charge in [0, 0.05) is 22.9 Å². The van der Waals surface area contributed by atoms with E-state index in [2.05, 4.69) is 58.1 Å². The van der Waals surface area contributed by atoms with Crippen LogP contribution >= 0.6 is 23.1 Å². The summed E-state index contributed by atoms with van der Waals surface area (Å²) in [6.07, 6.45) is 0. The molecule has 2 nitrogen and oxygen atoms in total. The van der Waals surface area contributed by atoms with E-state index in [1.54, 1.807) is 11.3 Å². The van der Waals surface area contributed by atoms with Crippen LogP contribution in [0, 0.1) is 6.92 Å². The average Bonchev–Trinajstić information content (AvgIpc) is 2.93. The maximum atomic E-state index is 4.53. The Morgan fingerprint density at radius 2 is 2.00 bits per heavy atom. The third-order valence-corrected chi connectivity index (χ3v) is 5.75. The SMILES string of the molecule is CNC(CSc1nc(C)cs1)c1cccc2ccccc12. The number of hydrogen-bond acceptors (Lipinski definition) is 4. The van der Waals surface area contributed by atoms with Crippen LogP contribution in [0.5, 0.6) is 0 Å². The molecule has 0 saturated heterocycles. The first kappa shape index (κ1) is 14.6. The molecule has 1 unspecified atom stereocenters. The number of thioether (sulfide) groups is 1. The van der Waals surface area contributed by atoms with Crippen molar-refractivity contribution < 1.29 is 0 Å². The van der Waals surface area contributed by atoms with E-state index in [4.69, 9.17) is 0 Å². The molecule has 2 aromatic carbocycles. The number of aryl methyl sites for hydroxylation is 1. The van der Waals surface area contributed by atoms with Crippen LogP contribution in [-0.4, -0.2) is 17.8 Å². The second-order valence-corrected chi connectivity index (χ2v) is 7.10. The molecule has 0 bridgehead atoms. The van der Waals surface area contributed by atoms with Gasteiger partial charge in [-0.1, -0.05) is 54.2 Å². The van der Waals surface area contributed by atoms with Gasteiger partial charge >= 0.3 is 0 Å². The monoisotopic (exact) mass is 314 g/mol. The Labute approximate surface area is 133 Å². The van der Waals surface area contributed by atoms with Gasteiger partial charge in [0.2, 0.25) is 0 Å². The first-order valence-corrected chi connectivity index (χ1v) is 8.84. The zero-order valence-corrected chi connectivity index (χ0v) is 13.8. The summed E-state index contributed by atoms with van der Waals surface area (Å²) >= 11 is 3.55. The van der Waals surface area contributed by atoms with Gasteiger partial charge in [0.05, 0.1) is 0 Å². The van der Waals surface area contributed by atoms with E-state index in [0.29, 0.717) is 6.04 Å². The van der Waals surface area contributed by atoms with Crippen LogP contribution in [0.3, 0.4) is 0 Å². The Kier molecular flexibility index (Phi) is 4.58. The highest BCUT2D eigenvalue weighted by atomic mass is 32.2. The molecule has 0 radical (unpaired) electrons. The van der Waals surface area contributed by atoms with Gasteiger partial charge in [-0.15, -0.1) is 11.3 Å². The number of nitrogens with one attached hydrogen (secondary N) is 1. The lowest BCUT2D eigenvalue weighted by atomic mass is 10.00. The van der Waals surface area contributed by atoms with Crippen LogP contribution in [0.4, 0.5) is 0 Å². The largest absolute Gasteiger partial charge is 0.312 e. The molecular weight excluding hydrogens is 296 g/mol. The van der Waals surface area contributed by atoms with Gasteiger partial charge in [0.1, 0.15) is 4.34 Å². The molecule has 21 heavy (non-hydrogen) atoms. The molecule has 0 fully saturated rings. The highest BCUT2D eigenvalue weighted by Crippen LogP contribution is 2.30. The van der Waals surface area contributed by atoms with E-state index in [1.807, 2.05) is 25.7 Å². The zero-order valence-electron chi connectivity index (χ0n) is 12.2. The van der Waals surface area contributed by atoms with Gasteiger partial charge in [-0.05, 0) is 30.3 Å². The van der Waals surface area contributed by atoms with Crippen LogP contribution in [0.25, 0.3) is 10.8 Å². The Hall–Kier alpha value is -1.36. The number of thiazole rings is 1. The van der Waals surface area contributed by atoms with Crippen molar-refractivity contribution in [3.8, 4) is 0 Å². The molecule has 4 heteroatoms. The van der Waals surface area contributed by atoms with E-state index in [1.165, 1.54) is 16.3 Å². The summed E-state index contributed by atoms with van der Waals surface area (Å²) in [5.41, 5.74) is 2.46. The number of nitrogens with zero attached hydrogens (tertiary/aromatic N) is 1. The van der Waals surface area contributed by atoms with Crippen molar-refractivity contribution in [3.63, 3.8) is 0 Å². The summed E-state index contributed by atoms with van der Waals surface area (Å²) in [5, 5.41) is 8.17. The summed E-state index contributed by atoms with van der Waals surface area (Å²) in [4.78, 5) is 4.53. The fraction of sp³-hybridized carbons (Fsp3) is 0.235. The van der Waals surface area contributed by atoms with Gasteiger partial charge < -0.3 is 5.32 Å². The molecule has 0 spiro atoms. The summed E-state index contributed by atoms with van der Waals surface area (Å²) in [5.74, 6) is 0.984. The lowest BCUT2D eigenvalue weighted by Gasteiger charge is -2.18. The Balaban J connectivity index is 1.84. The molecule has 0 aliphatic carbocycles. The number of benzene rings is 2. The van der Waals surface area contributed by atoms with Crippen molar-refractivity contribution in [2.75, 3.05) is 12.8 Å². The Morgan fingerprint density at radius 1 is 1.19 bits per heavy atom. The second kappa shape index (κ2) is 6.60. The average molecular weight is 314 g/mol. The molecule has 0 saturated carbocycles. The Bertz CT molecular complexity index is 731. The van der Waals surface area contributed by atoms with Gasteiger partial charge in [0.15, 0.2) is 0 Å². The summed E-state index contributed by atoms with van der Waals surface area (Å²) < 4.78 is 1.15.